The van der Waals surface area contributed by atoms with Crippen molar-refractivity contribution in [3.8, 4) is 44.7 Å². The highest BCUT2D eigenvalue weighted by atomic mass is 16.3. The second kappa shape index (κ2) is 12.8. The average molecular weight is 640 g/mol. The van der Waals surface area contributed by atoms with Crippen molar-refractivity contribution in [1.29, 1.82) is 0 Å². The minimum Gasteiger partial charge on any atom is -0.456 e. The highest BCUT2D eigenvalue weighted by molar-refractivity contribution is 5.99. The van der Waals surface area contributed by atoms with Gasteiger partial charge in [0.25, 0.3) is 0 Å². The molecule has 0 aliphatic carbocycles. The van der Waals surface area contributed by atoms with Crippen LogP contribution in [0.4, 0.5) is 17.1 Å². The summed E-state index contributed by atoms with van der Waals surface area (Å²) in [5.41, 5.74) is 12.4. The van der Waals surface area contributed by atoms with E-state index in [0.29, 0.717) is 0 Å². The van der Waals surface area contributed by atoms with Gasteiger partial charge in [0.2, 0.25) is 0 Å². The third kappa shape index (κ3) is 5.53. The number of nitrogens with zero attached hydrogens (tertiary/aromatic N) is 1. The molecule has 0 fully saturated rings. The van der Waals surface area contributed by atoms with Crippen LogP contribution in [0.5, 0.6) is 0 Å². The number of rotatable bonds is 7. The van der Waals surface area contributed by atoms with Gasteiger partial charge in [-0.2, -0.15) is 0 Å². The van der Waals surface area contributed by atoms with Gasteiger partial charge >= 0.3 is 0 Å². The predicted octanol–water partition coefficient (Wildman–Crippen LogP) is 13.7. The number of benzene rings is 8. The molecule has 0 radical (unpaired) electrons. The van der Waals surface area contributed by atoms with Crippen LogP contribution in [0.3, 0.4) is 0 Å². The summed E-state index contributed by atoms with van der Waals surface area (Å²) in [6.45, 7) is 0. The highest BCUT2D eigenvalue weighted by Gasteiger charge is 2.17. The maximum absolute atomic E-state index is 6.25. The van der Waals surface area contributed by atoms with E-state index < -0.39 is 0 Å². The van der Waals surface area contributed by atoms with E-state index in [4.69, 9.17) is 4.42 Å². The zero-order valence-electron chi connectivity index (χ0n) is 27.4. The SMILES string of the molecule is c1ccc(-c2cccc(N(c3ccc(-c4ccc(-c5ccccc5-c5cc6ccccc6o5)cc4)cc3)c3cccc4ccccc34)c2)cc1. The molecule has 2 heteroatoms. The first-order valence-corrected chi connectivity index (χ1v) is 17.0. The minimum atomic E-state index is 0.881. The summed E-state index contributed by atoms with van der Waals surface area (Å²) in [5, 5.41) is 3.54. The van der Waals surface area contributed by atoms with Crippen molar-refractivity contribution in [2.45, 2.75) is 0 Å². The Morgan fingerprint density at radius 1 is 0.340 bits per heavy atom. The molecule has 0 aliphatic rings. The summed E-state index contributed by atoms with van der Waals surface area (Å²) in [4.78, 5) is 2.37. The molecule has 9 aromatic rings. The Labute approximate surface area is 292 Å². The quantitative estimate of drug-likeness (QED) is 0.173. The summed E-state index contributed by atoms with van der Waals surface area (Å²) < 4.78 is 6.25. The van der Waals surface area contributed by atoms with Crippen LogP contribution < -0.4 is 4.90 Å². The summed E-state index contributed by atoms with van der Waals surface area (Å²) in [6, 6.07) is 71.1. The molecule has 1 aromatic heterocycles. The number of fused-ring (bicyclic) bond motifs is 2. The molecule has 0 amide bonds. The van der Waals surface area contributed by atoms with E-state index in [2.05, 4.69) is 187 Å². The molecule has 236 valence electrons. The Balaban J connectivity index is 1.07. The van der Waals surface area contributed by atoms with E-state index in [9.17, 15) is 0 Å². The Kier molecular flexibility index (Phi) is 7.53. The van der Waals surface area contributed by atoms with Crippen LogP contribution in [0.25, 0.3) is 66.4 Å². The lowest BCUT2D eigenvalue weighted by Crippen LogP contribution is -2.10. The fourth-order valence-corrected chi connectivity index (χ4v) is 7.00. The molecular weight excluding hydrogens is 607 g/mol. The van der Waals surface area contributed by atoms with Crippen molar-refractivity contribution in [1.82, 2.24) is 0 Å². The largest absolute Gasteiger partial charge is 0.456 e. The third-order valence-corrected chi connectivity index (χ3v) is 9.49. The lowest BCUT2D eigenvalue weighted by molar-refractivity contribution is 0.632. The first-order valence-electron chi connectivity index (χ1n) is 17.0. The van der Waals surface area contributed by atoms with E-state index in [0.717, 1.165) is 50.5 Å². The summed E-state index contributed by atoms with van der Waals surface area (Å²) >= 11 is 0. The molecule has 0 atom stereocenters. The fraction of sp³-hybridized carbons (Fsp3) is 0. The second-order valence-electron chi connectivity index (χ2n) is 12.6. The van der Waals surface area contributed by atoms with E-state index in [1.165, 1.54) is 33.0 Å². The van der Waals surface area contributed by atoms with Gasteiger partial charge in [0.05, 0.1) is 5.69 Å². The number of hydrogen-bond acceptors (Lipinski definition) is 2. The van der Waals surface area contributed by atoms with E-state index in [-0.39, 0.29) is 0 Å². The molecule has 50 heavy (non-hydrogen) atoms. The lowest BCUT2D eigenvalue weighted by atomic mass is 9.95. The zero-order chi connectivity index (χ0) is 33.3. The Morgan fingerprint density at radius 2 is 0.920 bits per heavy atom. The van der Waals surface area contributed by atoms with Crippen LogP contribution in [-0.4, -0.2) is 0 Å². The Morgan fingerprint density at radius 3 is 1.72 bits per heavy atom. The average Bonchev–Trinajstić information content (AvgIpc) is 3.64. The molecule has 2 nitrogen and oxygen atoms in total. The zero-order valence-corrected chi connectivity index (χ0v) is 27.4. The maximum atomic E-state index is 6.25. The molecule has 0 saturated carbocycles. The molecule has 0 unspecified atom stereocenters. The topological polar surface area (TPSA) is 16.4 Å². The van der Waals surface area contributed by atoms with E-state index in [1.54, 1.807) is 0 Å². The lowest BCUT2D eigenvalue weighted by Gasteiger charge is -2.27. The summed E-state index contributed by atoms with van der Waals surface area (Å²) in [7, 11) is 0. The molecule has 0 N–H and O–H groups in total. The van der Waals surface area contributed by atoms with Crippen molar-refractivity contribution in [3.05, 3.63) is 200 Å². The van der Waals surface area contributed by atoms with Gasteiger partial charge in [0, 0.05) is 27.7 Å². The number of para-hydroxylation sites is 1. The summed E-state index contributed by atoms with van der Waals surface area (Å²) in [6.07, 6.45) is 0. The van der Waals surface area contributed by atoms with Crippen molar-refractivity contribution < 1.29 is 4.42 Å². The number of hydrogen-bond donors (Lipinski definition) is 0. The van der Waals surface area contributed by atoms with Gasteiger partial charge in [0.15, 0.2) is 0 Å². The molecule has 0 aliphatic heterocycles. The smallest absolute Gasteiger partial charge is 0.136 e. The van der Waals surface area contributed by atoms with Gasteiger partial charge in [-0.25, -0.2) is 0 Å². The van der Waals surface area contributed by atoms with Crippen LogP contribution in [0.2, 0.25) is 0 Å². The monoisotopic (exact) mass is 639 g/mol. The van der Waals surface area contributed by atoms with E-state index >= 15 is 0 Å². The molecule has 8 aromatic carbocycles. The Bertz CT molecular complexity index is 2540. The first kappa shape index (κ1) is 29.5. The van der Waals surface area contributed by atoms with Crippen LogP contribution in [0, 0.1) is 0 Å². The van der Waals surface area contributed by atoms with Gasteiger partial charge in [0.1, 0.15) is 11.3 Å². The number of anilines is 3. The summed E-state index contributed by atoms with van der Waals surface area (Å²) in [5.74, 6) is 0.881. The third-order valence-electron chi connectivity index (χ3n) is 9.49. The van der Waals surface area contributed by atoms with Crippen LogP contribution in [-0.2, 0) is 0 Å². The van der Waals surface area contributed by atoms with Gasteiger partial charge < -0.3 is 9.32 Å². The van der Waals surface area contributed by atoms with Gasteiger partial charge in [-0.05, 0) is 81.2 Å². The fourth-order valence-electron chi connectivity index (χ4n) is 7.00. The van der Waals surface area contributed by atoms with E-state index in [1.807, 2.05) is 18.2 Å². The predicted molar refractivity (Wildman–Crippen MR) is 210 cm³/mol. The molecule has 0 spiro atoms. The minimum absolute atomic E-state index is 0.881. The normalized spacial score (nSPS) is 11.2. The second-order valence-corrected chi connectivity index (χ2v) is 12.6. The van der Waals surface area contributed by atoms with Crippen molar-refractivity contribution >= 4 is 38.8 Å². The standard InChI is InChI=1S/C48H33NO/c1-2-12-34(13-3-1)39-17-10-18-42(32-39)49(46-22-11-16-37-14-4-6-20-44(37)46)41-30-28-36(29-31-41)35-24-26-38(27-25-35)43-19-7-8-21-45(43)48-33-40-15-5-9-23-47(40)50-48/h1-33H. The van der Waals surface area contributed by atoms with Crippen molar-refractivity contribution in [2.24, 2.45) is 0 Å². The van der Waals surface area contributed by atoms with Gasteiger partial charge in [-0.1, -0.05) is 158 Å². The molecule has 0 saturated heterocycles. The highest BCUT2D eigenvalue weighted by Crippen LogP contribution is 2.41. The Hall–Kier alpha value is -6.64. The molecule has 9 rings (SSSR count). The first-order chi connectivity index (χ1) is 24.8. The maximum Gasteiger partial charge on any atom is 0.136 e. The number of furan rings is 1. The van der Waals surface area contributed by atoms with Gasteiger partial charge in [-0.15, -0.1) is 0 Å². The molecular formula is C48H33NO. The van der Waals surface area contributed by atoms with Crippen LogP contribution >= 0.6 is 0 Å². The van der Waals surface area contributed by atoms with Crippen molar-refractivity contribution in [2.75, 3.05) is 4.90 Å². The molecule has 0 bridgehead atoms. The van der Waals surface area contributed by atoms with Gasteiger partial charge in [-0.3, -0.25) is 0 Å². The van der Waals surface area contributed by atoms with Crippen LogP contribution in [0.15, 0.2) is 205 Å². The van der Waals surface area contributed by atoms with Crippen LogP contribution in [0.1, 0.15) is 0 Å². The molecule has 1 heterocycles. The van der Waals surface area contributed by atoms with Crippen molar-refractivity contribution in [3.63, 3.8) is 0 Å².